The number of hydrogen-bond acceptors (Lipinski definition) is 3. The van der Waals surface area contributed by atoms with Gasteiger partial charge in [-0.15, -0.1) is 0 Å². The van der Waals surface area contributed by atoms with E-state index in [0.717, 1.165) is 25.1 Å². The number of rotatable bonds is 4. The smallest absolute Gasteiger partial charge is 0.256 e. The number of ether oxygens (including phenoxy) is 1. The number of hydrogen-bond donors (Lipinski definition) is 1. The number of benzene rings is 1. The molecule has 4 nitrogen and oxygen atoms in total. The number of carbonyl (C=O) groups is 1. The maximum Gasteiger partial charge on any atom is 0.256 e. The molecule has 2 aliphatic rings. The Kier molecular flexibility index (Phi) is 4.56. The van der Waals surface area contributed by atoms with Crippen LogP contribution in [0.5, 0.6) is 0 Å². The molecule has 3 rings (SSSR count). The second-order valence-electron chi connectivity index (χ2n) is 5.96. The Bertz CT molecular complexity index is 477. The third-order valence-electron chi connectivity index (χ3n) is 4.49. The number of nitrogens with zero attached hydrogens (tertiary/aromatic N) is 1. The molecule has 2 saturated heterocycles. The first kappa shape index (κ1) is 14.5. The highest BCUT2D eigenvalue weighted by Gasteiger charge is 2.34. The molecule has 0 spiro atoms. The van der Waals surface area contributed by atoms with Crippen LogP contribution in [0, 0.1) is 0 Å². The molecule has 3 atom stereocenters. The summed E-state index contributed by atoms with van der Waals surface area (Å²) in [6.07, 6.45) is 3.02. The van der Waals surface area contributed by atoms with Crippen LogP contribution in [0.1, 0.15) is 37.9 Å². The Labute approximate surface area is 126 Å². The quantitative estimate of drug-likeness (QED) is 0.922. The number of amides is 1. The molecule has 3 unspecified atom stereocenters. The molecule has 2 fully saturated rings. The average molecular weight is 288 g/mol. The topological polar surface area (TPSA) is 41.6 Å². The third-order valence-corrected chi connectivity index (χ3v) is 4.49. The summed E-state index contributed by atoms with van der Waals surface area (Å²) in [6.45, 7) is 4.13. The van der Waals surface area contributed by atoms with Crippen molar-refractivity contribution in [2.45, 2.75) is 44.4 Å². The molecule has 0 aliphatic carbocycles. The lowest BCUT2D eigenvalue weighted by molar-refractivity contribution is -0.144. The van der Waals surface area contributed by atoms with Gasteiger partial charge in [0.05, 0.1) is 0 Å². The average Bonchev–Trinajstić information content (AvgIpc) is 2.84. The molecule has 2 bridgehead atoms. The van der Waals surface area contributed by atoms with Crippen LogP contribution in [0.15, 0.2) is 30.3 Å². The van der Waals surface area contributed by atoms with E-state index in [-0.39, 0.29) is 5.91 Å². The lowest BCUT2D eigenvalue weighted by atomic mass is 10.1. The molecule has 1 aromatic rings. The van der Waals surface area contributed by atoms with Crippen LogP contribution in [-0.4, -0.2) is 42.6 Å². The standard InChI is InChI=1S/C17H24N2O2/c1-2-21-16(13-6-4-3-5-7-13)17(20)19-11-10-14-8-9-15(12-19)18-14/h3-7,14-16,18H,2,8-12H2,1H3. The van der Waals surface area contributed by atoms with Crippen LogP contribution in [0.3, 0.4) is 0 Å². The number of nitrogens with one attached hydrogen (secondary N) is 1. The second kappa shape index (κ2) is 6.58. The largest absolute Gasteiger partial charge is 0.364 e. The first-order valence-electron chi connectivity index (χ1n) is 7.99. The second-order valence-corrected chi connectivity index (χ2v) is 5.96. The van der Waals surface area contributed by atoms with Crippen molar-refractivity contribution in [3.8, 4) is 0 Å². The molecule has 0 aromatic heterocycles. The van der Waals surface area contributed by atoms with Crippen LogP contribution in [-0.2, 0) is 9.53 Å². The summed E-state index contributed by atoms with van der Waals surface area (Å²) in [5.74, 6) is 0.109. The van der Waals surface area contributed by atoms with Gasteiger partial charge in [0.2, 0.25) is 0 Å². The number of likely N-dealkylation sites (tertiary alicyclic amines) is 1. The monoisotopic (exact) mass is 288 g/mol. The highest BCUT2D eigenvalue weighted by Crippen LogP contribution is 2.25. The SMILES string of the molecule is CCOC(C(=O)N1CCC2CCC(C1)N2)c1ccccc1. The number of fused-ring (bicyclic) bond motifs is 2. The summed E-state index contributed by atoms with van der Waals surface area (Å²) < 4.78 is 5.75. The minimum absolute atomic E-state index is 0.109. The van der Waals surface area contributed by atoms with Gasteiger partial charge in [0.25, 0.3) is 5.91 Å². The van der Waals surface area contributed by atoms with Crippen LogP contribution in [0.4, 0.5) is 0 Å². The molecule has 0 saturated carbocycles. The molecule has 4 heteroatoms. The zero-order chi connectivity index (χ0) is 14.7. The van der Waals surface area contributed by atoms with Gasteiger partial charge >= 0.3 is 0 Å². The Hall–Kier alpha value is -1.39. The first-order valence-corrected chi connectivity index (χ1v) is 7.99. The highest BCUT2D eigenvalue weighted by atomic mass is 16.5. The minimum atomic E-state index is -0.465. The van der Waals surface area contributed by atoms with E-state index in [2.05, 4.69) is 5.32 Å². The zero-order valence-electron chi connectivity index (χ0n) is 12.6. The van der Waals surface area contributed by atoms with Crippen LogP contribution in [0.25, 0.3) is 0 Å². The molecule has 1 amide bonds. The van der Waals surface area contributed by atoms with E-state index in [1.807, 2.05) is 42.2 Å². The lowest BCUT2D eigenvalue weighted by Gasteiger charge is -2.28. The molecule has 0 radical (unpaired) electrons. The maximum absolute atomic E-state index is 12.9. The van der Waals surface area contributed by atoms with Crippen LogP contribution >= 0.6 is 0 Å². The van der Waals surface area contributed by atoms with Crippen molar-refractivity contribution in [3.05, 3.63) is 35.9 Å². The molecule has 21 heavy (non-hydrogen) atoms. The van der Waals surface area contributed by atoms with E-state index in [0.29, 0.717) is 18.7 Å². The van der Waals surface area contributed by atoms with Crippen molar-refractivity contribution in [3.63, 3.8) is 0 Å². The Morgan fingerprint density at radius 3 is 2.81 bits per heavy atom. The molecule has 1 aromatic carbocycles. The van der Waals surface area contributed by atoms with E-state index in [9.17, 15) is 4.79 Å². The molecule has 2 aliphatic heterocycles. The van der Waals surface area contributed by atoms with Crippen molar-refractivity contribution >= 4 is 5.91 Å². The van der Waals surface area contributed by atoms with Gasteiger partial charge in [-0.25, -0.2) is 0 Å². The molecule has 114 valence electrons. The van der Waals surface area contributed by atoms with Gasteiger partial charge in [0.1, 0.15) is 0 Å². The normalized spacial score (nSPS) is 26.4. The van der Waals surface area contributed by atoms with Crippen molar-refractivity contribution in [2.24, 2.45) is 0 Å². The van der Waals surface area contributed by atoms with Crippen LogP contribution in [0.2, 0.25) is 0 Å². The Morgan fingerprint density at radius 1 is 1.29 bits per heavy atom. The van der Waals surface area contributed by atoms with Crippen molar-refractivity contribution in [1.29, 1.82) is 0 Å². The molecular weight excluding hydrogens is 264 g/mol. The summed E-state index contributed by atoms with van der Waals surface area (Å²) >= 11 is 0. The van der Waals surface area contributed by atoms with Crippen LogP contribution < -0.4 is 5.32 Å². The maximum atomic E-state index is 12.9. The van der Waals surface area contributed by atoms with E-state index in [1.54, 1.807) is 0 Å². The van der Waals surface area contributed by atoms with Gasteiger partial charge in [0.15, 0.2) is 6.10 Å². The van der Waals surface area contributed by atoms with E-state index >= 15 is 0 Å². The van der Waals surface area contributed by atoms with Gasteiger partial charge in [-0.05, 0) is 31.7 Å². The van der Waals surface area contributed by atoms with Gasteiger partial charge in [-0.1, -0.05) is 30.3 Å². The number of carbonyl (C=O) groups excluding carboxylic acids is 1. The fraction of sp³-hybridized carbons (Fsp3) is 0.588. The molecule has 2 heterocycles. The predicted molar refractivity (Wildman–Crippen MR) is 82.0 cm³/mol. The van der Waals surface area contributed by atoms with Gasteiger partial charge < -0.3 is 15.0 Å². The van der Waals surface area contributed by atoms with Gasteiger partial charge in [-0.2, -0.15) is 0 Å². The van der Waals surface area contributed by atoms with Gasteiger partial charge in [0, 0.05) is 31.8 Å². The zero-order valence-corrected chi connectivity index (χ0v) is 12.6. The molecular formula is C17H24N2O2. The fourth-order valence-electron chi connectivity index (χ4n) is 3.41. The Balaban J connectivity index is 1.74. The lowest BCUT2D eigenvalue weighted by Crippen LogP contribution is -2.42. The Morgan fingerprint density at radius 2 is 2.05 bits per heavy atom. The van der Waals surface area contributed by atoms with E-state index in [4.69, 9.17) is 4.74 Å². The van der Waals surface area contributed by atoms with Crippen molar-refractivity contribution in [2.75, 3.05) is 19.7 Å². The summed E-state index contributed by atoms with van der Waals surface area (Å²) in [6, 6.07) is 10.9. The summed E-state index contributed by atoms with van der Waals surface area (Å²) in [5.41, 5.74) is 0.951. The summed E-state index contributed by atoms with van der Waals surface area (Å²) in [5, 5.41) is 3.61. The van der Waals surface area contributed by atoms with Crippen molar-refractivity contribution in [1.82, 2.24) is 10.2 Å². The minimum Gasteiger partial charge on any atom is -0.364 e. The van der Waals surface area contributed by atoms with Crippen molar-refractivity contribution < 1.29 is 9.53 Å². The summed E-state index contributed by atoms with van der Waals surface area (Å²) in [7, 11) is 0. The third kappa shape index (κ3) is 3.27. The first-order chi connectivity index (χ1) is 10.3. The van der Waals surface area contributed by atoms with Gasteiger partial charge in [-0.3, -0.25) is 4.79 Å². The summed E-state index contributed by atoms with van der Waals surface area (Å²) in [4.78, 5) is 14.9. The van der Waals surface area contributed by atoms with E-state index in [1.165, 1.54) is 12.8 Å². The molecule has 1 N–H and O–H groups in total. The predicted octanol–water partition coefficient (Wildman–Crippen LogP) is 2.12. The van der Waals surface area contributed by atoms with E-state index < -0.39 is 6.10 Å². The fourth-order valence-corrected chi connectivity index (χ4v) is 3.41. The highest BCUT2D eigenvalue weighted by molar-refractivity contribution is 5.82.